The molecule has 18 heavy (non-hydrogen) atoms. The van der Waals surface area contributed by atoms with Crippen LogP contribution in [0.1, 0.15) is 57.8 Å². The number of carbonyl (C=O) groups is 1. The standard InChI is InChI=1S/C14H26N2O2/c15-14(8-4-5-9-14)13(17)16-10-11-18-12-6-2-1-3-7-12/h12H,1-11,15H2,(H,16,17). The normalized spacial score (nSPS) is 24.1. The Bertz CT molecular complexity index is 269. The topological polar surface area (TPSA) is 64.4 Å². The number of amides is 1. The fourth-order valence-corrected chi connectivity index (χ4v) is 3.03. The van der Waals surface area contributed by atoms with E-state index in [0.717, 1.165) is 25.7 Å². The predicted molar refractivity (Wildman–Crippen MR) is 71.2 cm³/mol. The molecule has 0 aromatic carbocycles. The molecule has 2 fully saturated rings. The van der Waals surface area contributed by atoms with Gasteiger partial charge in [-0.1, -0.05) is 32.1 Å². The average molecular weight is 254 g/mol. The molecule has 2 rings (SSSR count). The van der Waals surface area contributed by atoms with E-state index in [4.69, 9.17) is 10.5 Å². The SMILES string of the molecule is NC1(C(=O)NCCOC2CCCCC2)CCCC1. The Hall–Kier alpha value is -0.610. The van der Waals surface area contributed by atoms with E-state index < -0.39 is 5.54 Å². The van der Waals surface area contributed by atoms with Crippen LogP contribution in [0.2, 0.25) is 0 Å². The van der Waals surface area contributed by atoms with E-state index in [1.165, 1.54) is 32.1 Å². The number of nitrogens with two attached hydrogens (primary N) is 1. The summed E-state index contributed by atoms with van der Waals surface area (Å²) in [5.74, 6) is 0.00671. The highest BCUT2D eigenvalue weighted by atomic mass is 16.5. The van der Waals surface area contributed by atoms with Crippen LogP contribution in [0.15, 0.2) is 0 Å². The van der Waals surface area contributed by atoms with Crippen molar-refractivity contribution in [2.75, 3.05) is 13.2 Å². The molecule has 2 aliphatic carbocycles. The second kappa shape index (κ2) is 6.53. The molecule has 4 heteroatoms. The van der Waals surface area contributed by atoms with Gasteiger partial charge >= 0.3 is 0 Å². The number of hydrogen-bond donors (Lipinski definition) is 2. The van der Waals surface area contributed by atoms with Gasteiger partial charge in [-0.15, -0.1) is 0 Å². The molecule has 0 unspecified atom stereocenters. The van der Waals surface area contributed by atoms with E-state index in [1.807, 2.05) is 0 Å². The number of carbonyl (C=O) groups excluding carboxylic acids is 1. The van der Waals surface area contributed by atoms with Gasteiger partial charge in [0.05, 0.1) is 18.2 Å². The van der Waals surface area contributed by atoms with Crippen molar-refractivity contribution >= 4 is 5.91 Å². The second-order valence-corrected chi connectivity index (χ2v) is 5.75. The van der Waals surface area contributed by atoms with E-state index >= 15 is 0 Å². The molecule has 0 aliphatic heterocycles. The molecular weight excluding hydrogens is 228 g/mol. The zero-order valence-corrected chi connectivity index (χ0v) is 11.2. The van der Waals surface area contributed by atoms with Gasteiger partial charge in [-0.3, -0.25) is 4.79 Å². The minimum atomic E-state index is -0.606. The Morgan fingerprint density at radius 1 is 1.17 bits per heavy atom. The Morgan fingerprint density at radius 3 is 2.50 bits per heavy atom. The minimum Gasteiger partial charge on any atom is -0.376 e. The van der Waals surface area contributed by atoms with Crippen molar-refractivity contribution in [3.05, 3.63) is 0 Å². The summed E-state index contributed by atoms with van der Waals surface area (Å²) < 4.78 is 5.77. The molecule has 0 aromatic heterocycles. The third-order valence-corrected chi connectivity index (χ3v) is 4.24. The summed E-state index contributed by atoms with van der Waals surface area (Å²) in [5, 5.41) is 2.92. The van der Waals surface area contributed by atoms with Gasteiger partial charge in [0.25, 0.3) is 0 Å². The van der Waals surface area contributed by atoms with Crippen LogP contribution in [0.5, 0.6) is 0 Å². The summed E-state index contributed by atoms with van der Waals surface area (Å²) in [7, 11) is 0. The molecule has 0 heterocycles. The van der Waals surface area contributed by atoms with Gasteiger partial charge in [-0.05, 0) is 25.7 Å². The van der Waals surface area contributed by atoms with E-state index in [9.17, 15) is 4.79 Å². The molecule has 0 atom stereocenters. The van der Waals surface area contributed by atoms with Crippen LogP contribution in [0, 0.1) is 0 Å². The van der Waals surface area contributed by atoms with Crippen LogP contribution >= 0.6 is 0 Å². The van der Waals surface area contributed by atoms with E-state index in [0.29, 0.717) is 19.3 Å². The molecule has 0 saturated heterocycles. The number of hydrogen-bond acceptors (Lipinski definition) is 3. The molecule has 104 valence electrons. The molecule has 1 amide bonds. The van der Waals surface area contributed by atoms with E-state index in [2.05, 4.69) is 5.32 Å². The largest absolute Gasteiger partial charge is 0.376 e. The van der Waals surface area contributed by atoms with E-state index in [1.54, 1.807) is 0 Å². The summed E-state index contributed by atoms with van der Waals surface area (Å²) in [5.41, 5.74) is 5.47. The fourth-order valence-electron chi connectivity index (χ4n) is 3.03. The molecule has 0 radical (unpaired) electrons. The van der Waals surface area contributed by atoms with Gasteiger partial charge < -0.3 is 15.8 Å². The van der Waals surface area contributed by atoms with Crippen LogP contribution in [0.4, 0.5) is 0 Å². The zero-order valence-electron chi connectivity index (χ0n) is 11.2. The van der Waals surface area contributed by atoms with Crippen LogP contribution in [0.3, 0.4) is 0 Å². The first kappa shape index (κ1) is 13.8. The van der Waals surface area contributed by atoms with Crippen molar-refractivity contribution in [1.29, 1.82) is 0 Å². The highest BCUT2D eigenvalue weighted by molar-refractivity contribution is 5.86. The molecule has 2 saturated carbocycles. The summed E-state index contributed by atoms with van der Waals surface area (Å²) in [4.78, 5) is 11.9. The van der Waals surface area contributed by atoms with Crippen LogP contribution in [0.25, 0.3) is 0 Å². The van der Waals surface area contributed by atoms with Crippen molar-refractivity contribution in [3.8, 4) is 0 Å². The second-order valence-electron chi connectivity index (χ2n) is 5.75. The molecule has 2 aliphatic rings. The van der Waals surface area contributed by atoms with Crippen LogP contribution in [-0.2, 0) is 9.53 Å². The summed E-state index contributed by atoms with van der Waals surface area (Å²) >= 11 is 0. The van der Waals surface area contributed by atoms with Crippen molar-refractivity contribution in [2.24, 2.45) is 5.73 Å². The minimum absolute atomic E-state index is 0.00671. The molecule has 4 nitrogen and oxygen atoms in total. The summed E-state index contributed by atoms with van der Waals surface area (Å²) in [6, 6.07) is 0. The number of ether oxygens (including phenoxy) is 1. The lowest BCUT2D eigenvalue weighted by Crippen LogP contribution is -2.52. The van der Waals surface area contributed by atoms with Crippen LogP contribution in [-0.4, -0.2) is 30.7 Å². The molecule has 0 spiro atoms. The Balaban J connectivity index is 1.58. The first-order valence-electron chi connectivity index (χ1n) is 7.39. The molecule has 0 bridgehead atoms. The van der Waals surface area contributed by atoms with Gasteiger partial charge in [0, 0.05) is 6.54 Å². The van der Waals surface area contributed by atoms with Crippen molar-refractivity contribution in [1.82, 2.24) is 5.32 Å². The van der Waals surface area contributed by atoms with Gasteiger partial charge in [0.1, 0.15) is 0 Å². The smallest absolute Gasteiger partial charge is 0.240 e. The lowest BCUT2D eigenvalue weighted by atomic mass is 9.98. The van der Waals surface area contributed by atoms with Gasteiger partial charge in [0.2, 0.25) is 5.91 Å². The monoisotopic (exact) mass is 254 g/mol. The Kier molecular flexibility index (Phi) is 5.01. The number of nitrogens with one attached hydrogen (secondary N) is 1. The maximum atomic E-state index is 11.9. The quantitative estimate of drug-likeness (QED) is 0.734. The molecule has 3 N–H and O–H groups in total. The van der Waals surface area contributed by atoms with Crippen molar-refractivity contribution in [2.45, 2.75) is 69.4 Å². The lowest BCUT2D eigenvalue weighted by molar-refractivity contribution is -0.126. The molecular formula is C14H26N2O2. The maximum absolute atomic E-state index is 11.9. The van der Waals surface area contributed by atoms with Crippen molar-refractivity contribution in [3.63, 3.8) is 0 Å². The number of rotatable bonds is 5. The highest BCUT2D eigenvalue weighted by Crippen LogP contribution is 2.27. The van der Waals surface area contributed by atoms with Gasteiger partial charge in [-0.2, -0.15) is 0 Å². The predicted octanol–water partition coefficient (Wildman–Crippen LogP) is 1.72. The Morgan fingerprint density at radius 2 is 1.83 bits per heavy atom. The summed E-state index contributed by atoms with van der Waals surface area (Å²) in [6.07, 6.45) is 10.5. The average Bonchev–Trinajstić information content (AvgIpc) is 2.84. The first-order chi connectivity index (χ1) is 8.71. The first-order valence-corrected chi connectivity index (χ1v) is 7.39. The van der Waals surface area contributed by atoms with Gasteiger partial charge in [0.15, 0.2) is 0 Å². The third kappa shape index (κ3) is 3.69. The third-order valence-electron chi connectivity index (χ3n) is 4.24. The maximum Gasteiger partial charge on any atom is 0.240 e. The Labute approximate surface area is 110 Å². The van der Waals surface area contributed by atoms with Crippen molar-refractivity contribution < 1.29 is 9.53 Å². The highest BCUT2D eigenvalue weighted by Gasteiger charge is 2.36. The molecule has 0 aromatic rings. The van der Waals surface area contributed by atoms with E-state index in [-0.39, 0.29) is 5.91 Å². The zero-order chi connectivity index (χ0) is 12.8. The fraction of sp³-hybridized carbons (Fsp3) is 0.929. The lowest BCUT2D eigenvalue weighted by Gasteiger charge is -2.24. The van der Waals surface area contributed by atoms with Gasteiger partial charge in [-0.25, -0.2) is 0 Å². The van der Waals surface area contributed by atoms with Crippen LogP contribution < -0.4 is 11.1 Å². The summed E-state index contributed by atoms with van der Waals surface area (Å²) in [6.45, 7) is 1.21.